The molecule has 0 saturated heterocycles. The molecule has 116 valence electrons. The summed E-state index contributed by atoms with van der Waals surface area (Å²) in [5.41, 5.74) is 5.17. The molecule has 1 N–H and O–H groups in total. The van der Waals surface area contributed by atoms with Gasteiger partial charge in [-0.2, -0.15) is 0 Å². The zero-order valence-corrected chi connectivity index (χ0v) is 13.5. The smallest absolute Gasteiger partial charge is 0.121 e. The topological polar surface area (TPSA) is 30.5 Å². The summed E-state index contributed by atoms with van der Waals surface area (Å²) >= 11 is 0. The van der Waals surface area contributed by atoms with E-state index >= 15 is 0 Å². The van der Waals surface area contributed by atoms with E-state index in [1.54, 1.807) is 7.11 Å². The lowest BCUT2D eigenvalue weighted by Crippen LogP contribution is -2.30. The van der Waals surface area contributed by atoms with Gasteiger partial charge in [0.1, 0.15) is 11.5 Å². The average Bonchev–Trinajstić information content (AvgIpc) is 2.54. The fourth-order valence-corrected chi connectivity index (χ4v) is 3.18. The molecule has 0 aromatic heterocycles. The van der Waals surface area contributed by atoms with Gasteiger partial charge in [-0.15, -0.1) is 0 Å². The summed E-state index contributed by atoms with van der Waals surface area (Å²) in [7, 11) is 1.71. The summed E-state index contributed by atoms with van der Waals surface area (Å²) in [6.07, 6.45) is 1.04. The van der Waals surface area contributed by atoms with E-state index in [-0.39, 0.29) is 6.04 Å². The highest BCUT2D eigenvalue weighted by Crippen LogP contribution is 2.33. The van der Waals surface area contributed by atoms with Crippen LogP contribution in [0.15, 0.2) is 36.4 Å². The number of benzene rings is 2. The van der Waals surface area contributed by atoms with Crippen molar-refractivity contribution in [1.82, 2.24) is 5.32 Å². The molecule has 1 unspecified atom stereocenters. The number of ether oxygens (including phenoxy) is 2. The van der Waals surface area contributed by atoms with Gasteiger partial charge in [0, 0.05) is 6.54 Å². The molecule has 0 amide bonds. The van der Waals surface area contributed by atoms with E-state index in [0.717, 1.165) is 24.5 Å². The molecule has 2 aromatic carbocycles. The first-order valence-electron chi connectivity index (χ1n) is 7.86. The Labute approximate surface area is 132 Å². The van der Waals surface area contributed by atoms with Crippen LogP contribution in [0.3, 0.4) is 0 Å². The molecule has 1 atom stereocenters. The van der Waals surface area contributed by atoms with Crippen LogP contribution in [0.2, 0.25) is 0 Å². The first kappa shape index (κ1) is 14.9. The third-order valence-electron chi connectivity index (χ3n) is 4.23. The average molecular weight is 297 g/mol. The molecule has 3 nitrogen and oxygen atoms in total. The predicted molar refractivity (Wildman–Crippen MR) is 88.9 cm³/mol. The highest BCUT2D eigenvalue weighted by molar-refractivity contribution is 5.46. The van der Waals surface area contributed by atoms with Crippen LogP contribution in [0.1, 0.15) is 35.2 Å². The van der Waals surface area contributed by atoms with Gasteiger partial charge in [-0.3, -0.25) is 0 Å². The van der Waals surface area contributed by atoms with Crippen LogP contribution in [0.25, 0.3) is 0 Å². The lowest BCUT2D eigenvalue weighted by molar-refractivity contribution is 0.339. The maximum atomic E-state index is 5.63. The van der Waals surface area contributed by atoms with Crippen LogP contribution in [0, 0.1) is 6.92 Å². The fourth-order valence-electron chi connectivity index (χ4n) is 3.18. The molecule has 1 aliphatic heterocycles. The van der Waals surface area contributed by atoms with E-state index in [0.29, 0.717) is 6.61 Å². The van der Waals surface area contributed by atoms with Crippen molar-refractivity contribution in [2.24, 2.45) is 0 Å². The van der Waals surface area contributed by atoms with Crippen molar-refractivity contribution >= 4 is 0 Å². The third kappa shape index (κ3) is 2.81. The predicted octanol–water partition coefficient (Wildman–Crippen LogP) is 3.64. The van der Waals surface area contributed by atoms with Gasteiger partial charge < -0.3 is 14.8 Å². The molecule has 0 saturated carbocycles. The summed E-state index contributed by atoms with van der Waals surface area (Å²) in [6.45, 7) is 5.80. The summed E-state index contributed by atoms with van der Waals surface area (Å²) in [5.74, 6) is 1.90. The molecule has 0 aliphatic carbocycles. The first-order chi connectivity index (χ1) is 10.7. The number of rotatable bonds is 4. The van der Waals surface area contributed by atoms with Crippen LogP contribution >= 0.6 is 0 Å². The van der Waals surface area contributed by atoms with Crippen molar-refractivity contribution in [1.29, 1.82) is 0 Å². The number of aryl methyl sites for hydroxylation is 1. The summed E-state index contributed by atoms with van der Waals surface area (Å²) in [6, 6.07) is 13.1. The third-order valence-corrected chi connectivity index (χ3v) is 4.23. The fraction of sp³-hybridized carbons (Fsp3) is 0.368. The zero-order chi connectivity index (χ0) is 15.5. The Morgan fingerprint density at radius 3 is 2.77 bits per heavy atom. The van der Waals surface area contributed by atoms with Crippen LogP contribution in [0.4, 0.5) is 0 Å². The molecule has 0 fully saturated rings. The van der Waals surface area contributed by atoms with Crippen molar-refractivity contribution in [2.45, 2.75) is 26.3 Å². The van der Waals surface area contributed by atoms with Gasteiger partial charge in [0.05, 0.1) is 19.8 Å². The Morgan fingerprint density at radius 2 is 2.05 bits per heavy atom. The largest absolute Gasteiger partial charge is 0.496 e. The van der Waals surface area contributed by atoms with Gasteiger partial charge in [-0.1, -0.05) is 18.2 Å². The molecule has 0 radical (unpaired) electrons. The standard InChI is InChI=1S/C19H23NO2/c1-4-22-16-6-7-17-14(12-16)9-10-20-19(17)15-5-8-18(21-3)13(2)11-15/h5-8,11-12,19-20H,4,9-10H2,1-3H3. The molecule has 0 bridgehead atoms. The van der Waals surface area contributed by atoms with E-state index < -0.39 is 0 Å². The maximum Gasteiger partial charge on any atom is 0.121 e. The second kappa shape index (κ2) is 6.41. The molecule has 22 heavy (non-hydrogen) atoms. The van der Waals surface area contributed by atoms with Crippen LogP contribution in [0.5, 0.6) is 11.5 Å². The first-order valence-corrected chi connectivity index (χ1v) is 7.86. The molecule has 3 heteroatoms. The number of nitrogens with one attached hydrogen (secondary N) is 1. The SMILES string of the molecule is CCOc1ccc2c(c1)CCNC2c1ccc(OC)c(C)c1. The summed E-state index contributed by atoms with van der Waals surface area (Å²) < 4.78 is 11.0. The number of fused-ring (bicyclic) bond motifs is 1. The van der Waals surface area contributed by atoms with Gasteiger partial charge >= 0.3 is 0 Å². The van der Waals surface area contributed by atoms with Crippen molar-refractivity contribution in [3.8, 4) is 11.5 Å². The highest BCUT2D eigenvalue weighted by atomic mass is 16.5. The minimum Gasteiger partial charge on any atom is -0.496 e. The van der Waals surface area contributed by atoms with Crippen molar-refractivity contribution in [3.63, 3.8) is 0 Å². The Balaban J connectivity index is 1.96. The normalized spacial score (nSPS) is 17.0. The molecule has 1 aliphatic rings. The van der Waals surface area contributed by atoms with E-state index in [9.17, 15) is 0 Å². The molecule has 2 aromatic rings. The quantitative estimate of drug-likeness (QED) is 0.934. The summed E-state index contributed by atoms with van der Waals surface area (Å²) in [4.78, 5) is 0. The van der Waals surface area contributed by atoms with E-state index in [1.165, 1.54) is 22.3 Å². The van der Waals surface area contributed by atoms with Crippen molar-refractivity contribution in [2.75, 3.05) is 20.3 Å². The number of hydrogen-bond donors (Lipinski definition) is 1. The molecular formula is C19H23NO2. The Bertz CT molecular complexity index is 666. The lowest BCUT2D eigenvalue weighted by atomic mass is 9.89. The second-order valence-electron chi connectivity index (χ2n) is 5.66. The van der Waals surface area contributed by atoms with Gasteiger partial charge in [0.25, 0.3) is 0 Å². The van der Waals surface area contributed by atoms with Crippen LogP contribution in [-0.4, -0.2) is 20.3 Å². The van der Waals surface area contributed by atoms with Gasteiger partial charge in [-0.25, -0.2) is 0 Å². The Kier molecular flexibility index (Phi) is 4.34. The minimum atomic E-state index is 0.240. The molecular weight excluding hydrogens is 274 g/mol. The lowest BCUT2D eigenvalue weighted by Gasteiger charge is -2.28. The van der Waals surface area contributed by atoms with Crippen molar-refractivity contribution in [3.05, 3.63) is 58.7 Å². The minimum absolute atomic E-state index is 0.240. The van der Waals surface area contributed by atoms with Crippen LogP contribution < -0.4 is 14.8 Å². The Hall–Kier alpha value is -2.00. The van der Waals surface area contributed by atoms with E-state index in [4.69, 9.17) is 9.47 Å². The van der Waals surface area contributed by atoms with E-state index in [2.05, 4.69) is 48.6 Å². The van der Waals surface area contributed by atoms with Gasteiger partial charge in [0.2, 0.25) is 0 Å². The Morgan fingerprint density at radius 1 is 1.18 bits per heavy atom. The number of methoxy groups -OCH3 is 1. The molecule has 0 spiro atoms. The van der Waals surface area contributed by atoms with Gasteiger partial charge in [-0.05, 0) is 60.7 Å². The number of hydrogen-bond acceptors (Lipinski definition) is 3. The summed E-state index contributed by atoms with van der Waals surface area (Å²) in [5, 5.41) is 3.63. The molecule has 1 heterocycles. The van der Waals surface area contributed by atoms with Crippen molar-refractivity contribution < 1.29 is 9.47 Å². The van der Waals surface area contributed by atoms with E-state index in [1.807, 2.05) is 6.92 Å². The highest BCUT2D eigenvalue weighted by Gasteiger charge is 2.22. The molecule has 3 rings (SSSR count). The maximum absolute atomic E-state index is 5.63. The zero-order valence-electron chi connectivity index (χ0n) is 13.5. The van der Waals surface area contributed by atoms with Crippen LogP contribution in [-0.2, 0) is 6.42 Å². The van der Waals surface area contributed by atoms with Gasteiger partial charge in [0.15, 0.2) is 0 Å². The monoisotopic (exact) mass is 297 g/mol. The second-order valence-corrected chi connectivity index (χ2v) is 5.66.